The predicted molar refractivity (Wildman–Crippen MR) is 82.7 cm³/mol. The molecule has 0 aliphatic rings. The summed E-state index contributed by atoms with van der Waals surface area (Å²) in [5.41, 5.74) is 3.15. The van der Waals surface area contributed by atoms with Gasteiger partial charge in [0.25, 0.3) is 0 Å². The molecule has 0 unspecified atom stereocenters. The first-order valence-electron chi connectivity index (χ1n) is 5.99. The minimum atomic E-state index is -0.193. The summed E-state index contributed by atoms with van der Waals surface area (Å²) < 4.78 is 16.2. The highest BCUT2D eigenvalue weighted by Gasteiger charge is 2.06. The Morgan fingerprint density at radius 2 is 2.05 bits per heavy atom. The first-order chi connectivity index (χ1) is 9.13. The third kappa shape index (κ3) is 2.49. The molecule has 0 radical (unpaired) electrons. The highest BCUT2D eigenvalue weighted by Crippen LogP contribution is 2.19. The molecular weight excluding hydrogens is 354 g/mol. The summed E-state index contributed by atoms with van der Waals surface area (Å²) in [5, 5.41) is 5.54. The van der Waals surface area contributed by atoms with E-state index in [4.69, 9.17) is 0 Å². The van der Waals surface area contributed by atoms with Gasteiger partial charge < -0.3 is 0 Å². The van der Waals surface area contributed by atoms with E-state index in [0.717, 1.165) is 22.0 Å². The van der Waals surface area contributed by atoms with Crippen molar-refractivity contribution >= 4 is 33.5 Å². The van der Waals surface area contributed by atoms with Crippen molar-refractivity contribution in [1.82, 2.24) is 9.78 Å². The SMILES string of the molecule is Cc1cc(F)ccc1Cn1ncc2ccc(I)cc21. The number of fused-ring (bicyclic) bond motifs is 1. The van der Waals surface area contributed by atoms with E-state index in [1.165, 1.54) is 9.64 Å². The second-order valence-electron chi connectivity index (χ2n) is 4.58. The van der Waals surface area contributed by atoms with Crippen LogP contribution in [0.4, 0.5) is 4.39 Å². The van der Waals surface area contributed by atoms with Crippen molar-refractivity contribution in [2.75, 3.05) is 0 Å². The molecule has 4 heteroatoms. The summed E-state index contributed by atoms with van der Waals surface area (Å²) in [6.07, 6.45) is 1.87. The number of benzene rings is 2. The van der Waals surface area contributed by atoms with Crippen molar-refractivity contribution in [2.45, 2.75) is 13.5 Å². The summed E-state index contributed by atoms with van der Waals surface area (Å²) in [6, 6.07) is 11.1. The van der Waals surface area contributed by atoms with E-state index in [1.54, 1.807) is 6.07 Å². The van der Waals surface area contributed by atoms with Gasteiger partial charge in [-0.15, -0.1) is 0 Å². The Morgan fingerprint density at radius 1 is 1.21 bits per heavy atom. The standard InChI is InChI=1S/C15H12FIN2/c1-10-6-13(16)4-2-12(10)9-19-15-7-14(17)5-3-11(15)8-18-19/h2-8H,9H2,1H3. The molecule has 0 aliphatic heterocycles. The van der Waals surface area contributed by atoms with Gasteiger partial charge >= 0.3 is 0 Å². The quantitative estimate of drug-likeness (QED) is 0.624. The molecule has 0 amide bonds. The molecule has 0 aliphatic carbocycles. The summed E-state index contributed by atoms with van der Waals surface area (Å²) in [5.74, 6) is -0.193. The Hall–Kier alpha value is -1.43. The Bertz CT molecular complexity index is 749. The molecular formula is C15H12FIN2. The van der Waals surface area contributed by atoms with Gasteiger partial charge in [0.2, 0.25) is 0 Å². The summed E-state index contributed by atoms with van der Waals surface area (Å²) in [4.78, 5) is 0. The topological polar surface area (TPSA) is 17.8 Å². The van der Waals surface area contributed by atoms with Gasteiger partial charge in [-0.3, -0.25) is 4.68 Å². The molecule has 2 nitrogen and oxygen atoms in total. The maximum Gasteiger partial charge on any atom is 0.123 e. The summed E-state index contributed by atoms with van der Waals surface area (Å²) >= 11 is 2.29. The third-order valence-electron chi connectivity index (χ3n) is 3.23. The van der Waals surface area contributed by atoms with Crippen LogP contribution in [0.5, 0.6) is 0 Å². The molecule has 0 spiro atoms. The van der Waals surface area contributed by atoms with E-state index in [9.17, 15) is 4.39 Å². The zero-order valence-electron chi connectivity index (χ0n) is 10.4. The van der Waals surface area contributed by atoms with Crippen LogP contribution in [-0.4, -0.2) is 9.78 Å². The van der Waals surface area contributed by atoms with Crippen molar-refractivity contribution in [2.24, 2.45) is 0 Å². The number of rotatable bonds is 2. The molecule has 96 valence electrons. The zero-order chi connectivity index (χ0) is 13.4. The molecule has 1 aromatic heterocycles. The monoisotopic (exact) mass is 366 g/mol. The minimum Gasteiger partial charge on any atom is -0.260 e. The maximum absolute atomic E-state index is 13.1. The van der Waals surface area contributed by atoms with Gasteiger partial charge in [-0.25, -0.2) is 4.39 Å². The number of nitrogens with zero attached hydrogens (tertiary/aromatic N) is 2. The van der Waals surface area contributed by atoms with Crippen LogP contribution in [0.15, 0.2) is 42.6 Å². The van der Waals surface area contributed by atoms with E-state index < -0.39 is 0 Å². The second kappa shape index (κ2) is 4.92. The maximum atomic E-state index is 13.1. The largest absolute Gasteiger partial charge is 0.260 e. The minimum absolute atomic E-state index is 0.193. The van der Waals surface area contributed by atoms with Crippen molar-refractivity contribution in [1.29, 1.82) is 0 Å². The molecule has 1 heterocycles. The molecule has 0 saturated carbocycles. The van der Waals surface area contributed by atoms with Gasteiger partial charge in [-0.1, -0.05) is 12.1 Å². The third-order valence-corrected chi connectivity index (χ3v) is 3.90. The molecule has 0 atom stereocenters. The Balaban J connectivity index is 2.03. The summed E-state index contributed by atoms with van der Waals surface area (Å²) in [7, 11) is 0. The van der Waals surface area contributed by atoms with Crippen LogP contribution >= 0.6 is 22.6 Å². The molecule has 3 rings (SSSR count). The Morgan fingerprint density at radius 3 is 2.84 bits per heavy atom. The lowest BCUT2D eigenvalue weighted by Gasteiger charge is -2.07. The van der Waals surface area contributed by atoms with Gasteiger partial charge in [-0.2, -0.15) is 5.10 Å². The number of halogens is 2. The molecule has 2 aromatic carbocycles. The van der Waals surface area contributed by atoms with Crippen molar-refractivity contribution in [3.8, 4) is 0 Å². The van der Waals surface area contributed by atoms with Gasteiger partial charge in [-0.05, 0) is 64.9 Å². The lowest BCUT2D eigenvalue weighted by atomic mass is 10.1. The van der Waals surface area contributed by atoms with E-state index in [-0.39, 0.29) is 5.82 Å². The number of hydrogen-bond donors (Lipinski definition) is 0. The number of aromatic nitrogens is 2. The molecule has 3 aromatic rings. The fourth-order valence-electron chi connectivity index (χ4n) is 2.17. The van der Waals surface area contributed by atoms with E-state index in [2.05, 4.69) is 45.9 Å². The number of hydrogen-bond acceptors (Lipinski definition) is 1. The Labute approximate surface area is 124 Å². The van der Waals surface area contributed by atoms with E-state index in [0.29, 0.717) is 6.54 Å². The lowest BCUT2D eigenvalue weighted by Crippen LogP contribution is -2.03. The average Bonchev–Trinajstić information content (AvgIpc) is 2.75. The number of aryl methyl sites for hydroxylation is 1. The molecule has 0 bridgehead atoms. The zero-order valence-corrected chi connectivity index (χ0v) is 12.6. The van der Waals surface area contributed by atoms with Crippen LogP contribution in [0.25, 0.3) is 10.9 Å². The van der Waals surface area contributed by atoms with Crippen molar-refractivity contribution < 1.29 is 4.39 Å². The van der Waals surface area contributed by atoms with Crippen molar-refractivity contribution in [3.63, 3.8) is 0 Å². The van der Waals surface area contributed by atoms with Crippen LogP contribution in [0.2, 0.25) is 0 Å². The predicted octanol–water partition coefficient (Wildman–Crippen LogP) is 4.14. The van der Waals surface area contributed by atoms with Crippen LogP contribution in [0, 0.1) is 16.3 Å². The Kier molecular flexibility index (Phi) is 3.26. The van der Waals surface area contributed by atoms with Gasteiger partial charge in [0.1, 0.15) is 5.82 Å². The highest BCUT2D eigenvalue weighted by atomic mass is 127. The second-order valence-corrected chi connectivity index (χ2v) is 5.82. The molecule has 0 saturated heterocycles. The summed E-state index contributed by atoms with van der Waals surface area (Å²) in [6.45, 7) is 2.59. The van der Waals surface area contributed by atoms with Gasteiger partial charge in [0.05, 0.1) is 18.3 Å². The van der Waals surface area contributed by atoms with E-state index in [1.807, 2.05) is 23.9 Å². The van der Waals surface area contributed by atoms with Crippen LogP contribution < -0.4 is 0 Å². The van der Waals surface area contributed by atoms with Crippen molar-refractivity contribution in [3.05, 3.63) is 63.1 Å². The lowest BCUT2D eigenvalue weighted by molar-refractivity contribution is 0.623. The smallest absolute Gasteiger partial charge is 0.123 e. The molecule has 0 N–H and O–H groups in total. The normalized spacial score (nSPS) is 11.1. The fraction of sp³-hybridized carbons (Fsp3) is 0.133. The highest BCUT2D eigenvalue weighted by molar-refractivity contribution is 14.1. The van der Waals surface area contributed by atoms with Gasteiger partial charge in [0.15, 0.2) is 0 Å². The first-order valence-corrected chi connectivity index (χ1v) is 7.07. The first kappa shape index (κ1) is 12.6. The van der Waals surface area contributed by atoms with Crippen LogP contribution in [0.1, 0.15) is 11.1 Å². The molecule has 19 heavy (non-hydrogen) atoms. The van der Waals surface area contributed by atoms with Crippen LogP contribution in [-0.2, 0) is 6.54 Å². The molecule has 0 fully saturated rings. The average molecular weight is 366 g/mol. The van der Waals surface area contributed by atoms with E-state index >= 15 is 0 Å². The van der Waals surface area contributed by atoms with Crippen LogP contribution in [0.3, 0.4) is 0 Å². The fourth-order valence-corrected chi connectivity index (χ4v) is 2.64. The van der Waals surface area contributed by atoms with Gasteiger partial charge in [0, 0.05) is 8.96 Å².